The third kappa shape index (κ3) is 2.54. The predicted octanol–water partition coefficient (Wildman–Crippen LogP) is -0.283. The van der Waals surface area contributed by atoms with E-state index >= 15 is 0 Å². The van der Waals surface area contributed by atoms with Crippen LogP contribution < -0.4 is 10.2 Å². The van der Waals surface area contributed by atoms with Crippen LogP contribution in [-0.2, 0) is 9.59 Å². The zero-order valence-corrected chi connectivity index (χ0v) is 9.04. The number of carboxylic acids is 1. The fourth-order valence-corrected chi connectivity index (χ4v) is 1.24. The van der Waals surface area contributed by atoms with Crippen molar-refractivity contribution in [3.63, 3.8) is 0 Å². The largest absolute Gasteiger partial charge is 0.480 e. The third-order valence-electron chi connectivity index (χ3n) is 2.16. The monoisotopic (exact) mass is 223 g/mol. The number of hydrogen-bond donors (Lipinski definition) is 2. The Balaban J connectivity index is 2.86. The molecule has 0 spiro atoms. The standard InChI is InChI=1S/C10H13N3O3/c1-11-8(10(15)16)9(14)13(2)7-3-5-12-6-4-7/h3-6,8,11H,1-2H3,(H,15,16). The summed E-state index contributed by atoms with van der Waals surface area (Å²) in [6, 6.07) is 2.03. The SMILES string of the molecule is CNC(C(=O)O)C(=O)N(C)c1ccncc1. The van der Waals surface area contributed by atoms with Gasteiger partial charge in [-0.2, -0.15) is 0 Å². The molecule has 6 nitrogen and oxygen atoms in total. The molecule has 0 aliphatic carbocycles. The quantitative estimate of drug-likeness (QED) is 0.686. The van der Waals surface area contributed by atoms with E-state index < -0.39 is 17.9 Å². The molecule has 1 heterocycles. The number of likely N-dealkylation sites (N-methyl/N-ethyl adjacent to an activating group) is 2. The first kappa shape index (κ1) is 12.1. The van der Waals surface area contributed by atoms with Crippen LogP contribution in [-0.4, -0.2) is 42.1 Å². The van der Waals surface area contributed by atoms with Crippen LogP contribution in [0.4, 0.5) is 5.69 Å². The highest BCUT2D eigenvalue weighted by atomic mass is 16.4. The van der Waals surface area contributed by atoms with E-state index in [-0.39, 0.29) is 0 Å². The Hall–Kier alpha value is -1.95. The smallest absolute Gasteiger partial charge is 0.330 e. The van der Waals surface area contributed by atoms with Crippen molar-refractivity contribution in [3.8, 4) is 0 Å². The summed E-state index contributed by atoms with van der Waals surface area (Å²) in [5, 5.41) is 11.3. The summed E-state index contributed by atoms with van der Waals surface area (Å²) in [6.07, 6.45) is 3.07. The number of pyridine rings is 1. The fraction of sp³-hybridized carbons (Fsp3) is 0.300. The van der Waals surface area contributed by atoms with E-state index in [0.717, 1.165) is 0 Å². The van der Waals surface area contributed by atoms with Crippen LogP contribution in [0.1, 0.15) is 0 Å². The molecule has 1 atom stereocenters. The van der Waals surface area contributed by atoms with E-state index in [2.05, 4.69) is 10.3 Å². The van der Waals surface area contributed by atoms with Gasteiger partial charge in [0.15, 0.2) is 6.04 Å². The average molecular weight is 223 g/mol. The van der Waals surface area contributed by atoms with E-state index in [9.17, 15) is 9.59 Å². The molecular weight excluding hydrogens is 210 g/mol. The average Bonchev–Trinajstić information content (AvgIpc) is 2.29. The molecule has 0 aliphatic heterocycles. The molecule has 16 heavy (non-hydrogen) atoms. The van der Waals surface area contributed by atoms with E-state index in [0.29, 0.717) is 5.69 Å². The number of hydrogen-bond acceptors (Lipinski definition) is 4. The van der Waals surface area contributed by atoms with Crippen LogP contribution in [0.25, 0.3) is 0 Å². The van der Waals surface area contributed by atoms with Gasteiger partial charge in [0.05, 0.1) is 0 Å². The molecule has 0 aromatic carbocycles. The van der Waals surface area contributed by atoms with E-state index in [1.165, 1.54) is 31.4 Å². The number of aliphatic carboxylic acids is 1. The van der Waals surface area contributed by atoms with Crippen LogP contribution in [0.2, 0.25) is 0 Å². The van der Waals surface area contributed by atoms with Crippen LogP contribution in [0, 0.1) is 0 Å². The van der Waals surface area contributed by atoms with Crippen molar-refractivity contribution in [3.05, 3.63) is 24.5 Å². The Labute approximate surface area is 92.9 Å². The van der Waals surface area contributed by atoms with Gasteiger partial charge in [-0.15, -0.1) is 0 Å². The second-order valence-corrected chi connectivity index (χ2v) is 3.16. The topological polar surface area (TPSA) is 82.5 Å². The minimum absolute atomic E-state index is 0.527. The van der Waals surface area contributed by atoms with Crippen molar-refractivity contribution < 1.29 is 14.7 Å². The molecule has 6 heteroatoms. The molecule has 0 radical (unpaired) electrons. The minimum atomic E-state index is -1.24. The molecular formula is C10H13N3O3. The predicted molar refractivity (Wildman–Crippen MR) is 58.1 cm³/mol. The molecule has 0 bridgehead atoms. The number of rotatable bonds is 4. The van der Waals surface area contributed by atoms with Gasteiger partial charge < -0.3 is 10.0 Å². The van der Waals surface area contributed by atoms with Gasteiger partial charge in [-0.05, 0) is 19.2 Å². The number of aromatic nitrogens is 1. The Morgan fingerprint density at radius 1 is 1.44 bits per heavy atom. The van der Waals surface area contributed by atoms with Crippen LogP contribution in [0.15, 0.2) is 24.5 Å². The van der Waals surface area contributed by atoms with Crippen molar-refractivity contribution in [1.29, 1.82) is 0 Å². The summed E-state index contributed by atoms with van der Waals surface area (Å²) in [4.78, 5) is 27.7. The fourth-order valence-electron chi connectivity index (χ4n) is 1.24. The van der Waals surface area contributed by atoms with Crippen LogP contribution in [0.5, 0.6) is 0 Å². The molecule has 1 aromatic rings. The van der Waals surface area contributed by atoms with Crippen molar-refractivity contribution in [2.45, 2.75) is 6.04 Å². The highest BCUT2D eigenvalue weighted by Crippen LogP contribution is 2.10. The Kier molecular flexibility index (Phi) is 3.96. The Morgan fingerprint density at radius 3 is 2.44 bits per heavy atom. The number of carbonyl (C=O) groups is 2. The van der Waals surface area contributed by atoms with Gasteiger partial charge in [0.25, 0.3) is 5.91 Å². The lowest BCUT2D eigenvalue weighted by atomic mass is 10.2. The highest BCUT2D eigenvalue weighted by molar-refractivity contribution is 6.08. The molecule has 86 valence electrons. The van der Waals surface area contributed by atoms with Crippen molar-refractivity contribution >= 4 is 17.6 Å². The maximum atomic E-state index is 11.8. The first-order valence-corrected chi connectivity index (χ1v) is 4.65. The van der Waals surface area contributed by atoms with Gasteiger partial charge in [0, 0.05) is 25.1 Å². The maximum absolute atomic E-state index is 11.8. The summed E-state index contributed by atoms with van der Waals surface area (Å²) >= 11 is 0. The third-order valence-corrected chi connectivity index (χ3v) is 2.16. The minimum Gasteiger partial charge on any atom is -0.480 e. The lowest BCUT2D eigenvalue weighted by Crippen LogP contribution is -2.48. The van der Waals surface area contributed by atoms with Gasteiger partial charge >= 0.3 is 5.97 Å². The summed E-state index contributed by atoms with van der Waals surface area (Å²) in [5.41, 5.74) is 0.599. The maximum Gasteiger partial charge on any atom is 0.330 e. The first-order chi connectivity index (χ1) is 7.57. The molecule has 0 aliphatic rings. The van der Waals surface area contributed by atoms with Gasteiger partial charge in [-0.3, -0.25) is 15.1 Å². The van der Waals surface area contributed by atoms with Crippen LogP contribution >= 0.6 is 0 Å². The molecule has 0 fully saturated rings. The number of nitrogens with one attached hydrogen (secondary N) is 1. The molecule has 1 rings (SSSR count). The second kappa shape index (κ2) is 5.22. The Bertz CT molecular complexity index is 380. The van der Waals surface area contributed by atoms with Crippen molar-refractivity contribution in [1.82, 2.24) is 10.3 Å². The summed E-state index contributed by atoms with van der Waals surface area (Å²) in [5.74, 6) is -1.73. The number of anilines is 1. The van der Waals surface area contributed by atoms with E-state index in [4.69, 9.17) is 5.11 Å². The normalized spacial score (nSPS) is 11.9. The van der Waals surface area contributed by atoms with E-state index in [1.807, 2.05) is 0 Å². The summed E-state index contributed by atoms with van der Waals surface area (Å²) < 4.78 is 0. The Morgan fingerprint density at radius 2 is 2.00 bits per heavy atom. The zero-order chi connectivity index (χ0) is 12.1. The molecule has 1 amide bonds. The van der Waals surface area contributed by atoms with Gasteiger partial charge in [-0.1, -0.05) is 0 Å². The lowest BCUT2D eigenvalue weighted by molar-refractivity contribution is -0.143. The number of nitrogens with zero attached hydrogens (tertiary/aromatic N) is 2. The van der Waals surface area contributed by atoms with E-state index in [1.54, 1.807) is 12.1 Å². The molecule has 1 aromatic heterocycles. The number of carbonyl (C=O) groups excluding carboxylic acids is 1. The molecule has 1 unspecified atom stereocenters. The first-order valence-electron chi connectivity index (χ1n) is 4.65. The van der Waals surface area contributed by atoms with Crippen molar-refractivity contribution in [2.24, 2.45) is 0 Å². The number of amides is 1. The summed E-state index contributed by atoms with van der Waals surface area (Å²) in [6.45, 7) is 0. The van der Waals surface area contributed by atoms with Crippen molar-refractivity contribution in [2.75, 3.05) is 19.0 Å². The second-order valence-electron chi connectivity index (χ2n) is 3.16. The number of carboxylic acid groups (broad SMARTS) is 1. The lowest BCUT2D eigenvalue weighted by Gasteiger charge is -2.20. The van der Waals surface area contributed by atoms with Crippen LogP contribution in [0.3, 0.4) is 0 Å². The highest BCUT2D eigenvalue weighted by Gasteiger charge is 2.27. The molecule has 0 saturated carbocycles. The van der Waals surface area contributed by atoms with Gasteiger partial charge in [0.2, 0.25) is 0 Å². The summed E-state index contributed by atoms with van der Waals surface area (Å²) in [7, 11) is 2.95. The molecule has 2 N–H and O–H groups in total. The van der Waals surface area contributed by atoms with Gasteiger partial charge in [0.1, 0.15) is 0 Å². The zero-order valence-electron chi connectivity index (χ0n) is 9.04. The molecule has 0 saturated heterocycles. The van der Waals surface area contributed by atoms with Gasteiger partial charge in [-0.25, -0.2) is 4.79 Å².